The molecule has 3 atom stereocenters. The summed E-state index contributed by atoms with van der Waals surface area (Å²) in [7, 11) is 0. The molecule has 6 heteroatoms. The van der Waals surface area contributed by atoms with Crippen LogP contribution in [-0.4, -0.2) is 17.9 Å². The lowest BCUT2D eigenvalue weighted by Crippen LogP contribution is -2.37. The van der Waals surface area contributed by atoms with Crippen molar-refractivity contribution in [3.8, 4) is 0 Å². The minimum absolute atomic E-state index is 0.260. The molecule has 0 unspecified atom stereocenters. The lowest BCUT2D eigenvalue weighted by atomic mass is 9.90. The van der Waals surface area contributed by atoms with Crippen molar-refractivity contribution in [3.63, 3.8) is 0 Å². The number of anilines is 2. The number of hydrogen-bond acceptors (Lipinski definition) is 4. The van der Waals surface area contributed by atoms with Crippen molar-refractivity contribution in [2.24, 2.45) is 5.92 Å². The number of rotatable bonds is 3. The number of imide groups is 1. The summed E-state index contributed by atoms with van der Waals surface area (Å²) in [6, 6.07) is 25.3. The van der Waals surface area contributed by atoms with Crippen LogP contribution in [-0.2, 0) is 14.4 Å². The first kappa shape index (κ1) is 17.9. The quantitative estimate of drug-likeness (QED) is 0.607. The molecule has 2 aliphatic rings. The van der Waals surface area contributed by atoms with Crippen LogP contribution in [0.2, 0.25) is 5.02 Å². The van der Waals surface area contributed by atoms with Crippen LogP contribution in [0.25, 0.3) is 0 Å². The predicted molar refractivity (Wildman–Crippen MR) is 110 cm³/mol. The first-order chi connectivity index (χ1) is 14.1. The maximum atomic E-state index is 13.4. The molecule has 0 bridgehead atoms. The highest BCUT2D eigenvalue weighted by molar-refractivity contribution is 6.30. The Morgan fingerprint density at radius 2 is 1.31 bits per heavy atom. The molecule has 2 saturated heterocycles. The van der Waals surface area contributed by atoms with E-state index in [0.29, 0.717) is 10.7 Å². The van der Waals surface area contributed by atoms with Gasteiger partial charge in [-0.3, -0.25) is 14.4 Å². The molecule has 5 rings (SSSR count). The van der Waals surface area contributed by atoms with Gasteiger partial charge in [0.15, 0.2) is 6.10 Å². The van der Waals surface area contributed by atoms with E-state index in [4.69, 9.17) is 16.4 Å². The van der Waals surface area contributed by atoms with E-state index in [1.165, 1.54) is 4.90 Å². The highest BCUT2D eigenvalue weighted by atomic mass is 35.5. The average molecular weight is 405 g/mol. The van der Waals surface area contributed by atoms with Crippen LogP contribution in [0.4, 0.5) is 11.4 Å². The van der Waals surface area contributed by atoms with Crippen LogP contribution in [0.1, 0.15) is 11.6 Å². The van der Waals surface area contributed by atoms with Crippen molar-refractivity contribution < 1.29 is 14.4 Å². The Labute approximate surface area is 173 Å². The Morgan fingerprint density at radius 1 is 0.724 bits per heavy atom. The smallest absolute Gasteiger partial charge is 0.266 e. The van der Waals surface area contributed by atoms with Gasteiger partial charge in [0.1, 0.15) is 5.92 Å². The number of amides is 2. The van der Waals surface area contributed by atoms with Gasteiger partial charge in [0.05, 0.1) is 17.4 Å². The van der Waals surface area contributed by atoms with Gasteiger partial charge in [0.2, 0.25) is 5.91 Å². The van der Waals surface area contributed by atoms with Crippen molar-refractivity contribution in [1.29, 1.82) is 0 Å². The maximum Gasteiger partial charge on any atom is 0.266 e. The monoisotopic (exact) mass is 404 g/mol. The molecule has 2 fully saturated rings. The molecular weight excluding hydrogens is 388 g/mol. The van der Waals surface area contributed by atoms with Crippen molar-refractivity contribution >= 4 is 34.8 Å². The number of para-hydroxylation sites is 2. The highest BCUT2D eigenvalue weighted by Gasteiger charge is 2.60. The Bertz CT molecular complexity index is 1060. The maximum absolute atomic E-state index is 13.4. The van der Waals surface area contributed by atoms with Crippen LogP contribution >= 0.6 is 11.6 Å². The number of hydroxylamine groups is 1. The minimum Gasteiger partial charge on any atom is -0.273 e. The van der Waals surface area contributed by atoms with Gasteiger partial charge in [0, 0.05) is 5.02 Å². The van der Waals surface area contributed by atoms with E-state index in [9.17, 15) is 9.59 Å². The van der Waals surface area contributed by atoms with Crippen LogP contribution in [0.3, 0.4) is 0 Å². The fourth-order valence-corrected chi connectivity index (χ4v) is 4.17. The summed E-state index contributed by atoms with van der Waals surface area (Å²) in [5, 5.41) is 2.28. The van der Waals surface area contributed by atoms with E-state index >= 15 is 0 Å². The second-order valence-electron chi connectivity index (χ2n) is 7.06. The van der Waals surface area contributed by atoms with E-state index in [2.05, 4.69) is 0 Å². The van der Waals surface area contributed by atoms with Crippen molar-refractivity contribution in [1.82, 2.24) is 0 Å². The standard InChI is InChI=1S/C23H17ClN2O3/c24-16-13-11-15(12-14-16)20-19-21(29-26(20)18-9-5-2-6-10-18)23(28)25(22(19)27)17-7-3-1-4-8-17/h1-14,19-21H/t19-,20+,21+/m0/s1. The van der Waals surface area contributed by atoms with E-state index < -0.39 is 18.1 Å². The van der Waals surface area contributed by atoms with Crippen LogP contribution in [0.5, 0.6) is 0 Å². The summed E-state index contributed by atoms with van der Waals surface area (Å²) in [5.41, 5.74) is 2.21. The van der Waals surface area contributed by atoms with Crippen LogP contribution in [0.15, 0.2) is 84.9 Å². The molecule has 0 spiro atoms. The van der Waals surface area contributed by atoms with Gasteiger partial charge in [-0.15, -0.1) is 0 Å². The number of hydrogen-bond donors (Lipinski definition) is 0. The largest absolute Gasteiger partial charge is 0.273 e. The molecule has 2 amide bonds. The fourth-order valence-electron chi connectivity index (χ4n) is 4.04. The van der Waals surface area contributed by atoms with Gasteiger partial charge in [-0.25, -0.2) is 9.96 Å². The molecule has 3 aromatic carbocycles. The van der Waals surface area contributed by atoms with E-state index in [1.54, 1.807) is 41.5 Å². The van der Waals surface area contributed by atoms with Crippen molar-refractivity contribution in [3.05, 3.63) is 95.5 Å². The number of fused-ring (bicyclic) bond motifs is 1. The van der Waals surface area contributed by atoms with E-state index in [-0.39, 0.29) is 11.8 Å². The first-order valence-electron chi connectivity index (χ1n) is 9.34. The van der Waals surface area contributed by atoms with Crippen molar-refractivity contribution in [2.45, 2.75) is 12.1 Å². The molecule has 144 valence electrons. The van der Waals surface area contributed by atoms with Gasteiger partial charge >= 0.3 is 0 Å². The number of carbonyl (C=O) groups excluding carboxylic acids is 2. The van der Waals surface area contributed by atoms with Gasteiger partial charge in [-0.05, 0) is 42.0 Å². The molecule has 0 saturated carbocycles. The number of halogens is 1. The lowest BCUT2D eigenvalue weighted by Gasteiger charge is -2.28. The number of benzene rings is 3. The predicted octanol–water partition coefficient (Wildman–Crippen LogP) is 4.39. The zero-order valence-electron chi connectivity index (χ0n) is 15.3. The molecule has 5 nitrogen and oxygen atoms in total. The topological polar surface area (TPSA) is 49.9 Å². The molecule has 29 heavy (non-hydrogen) atoms. The minimum atomic E-state index is -0.872. The first-order valence-corrected chi connectivity index (χ1v) is 9.72. The van der Waals surface area contributed by atoms with Gasteiger partial charge in [-0.2, -0.15) is 0 Å². The normalized spacial score (nSPS) is 23.6. The molecule has 0 radical (unpaired) electrons. The Kier molecular flexibility index (Phi) is 4.34. The van der Waals surface area contributed by atoms with Crippen LogP contribution < -0.4 is 9.96 Å². The highest BCUT2D eigenvalue weighted by Crippen LogP contribution is 2.47. The fraction of sp³-hybridized carbons (Fsp3) is 0.130. The number of nitrogens with zero attached hydrogens (tertiary/aromatic N) is 2. The molecule has 0 aliphatic carbocycles. The second kappa shape index (κ2) is 7.03. The number of carbonyl (C=O) groups is 2. The molecular formula is C23H17ClN2O3. The van der Waals surface area contributed by atoms with Gasteiger partial charge in [0.25, 0.3) is 5.91 Å². The van der Waals surface area contributed by atoms with E-state index in [0.717, 1.165) is 11.3 Å². The molecule has 2 aliphatic heterocycles. The average Bonchev–Trinajstić information content (AvgIpc) is 3.26. The Hall–Kier alpha value is -3.15. The lowest BCUT2D eigenvalue weighted by molar-refractivity contribution is -0.126. The molecule has 0 N–H and O–H groups in total. The van der Waals surface area contributed by atoms with Gasteiger partial charge in [-0.1, -0.05) is 60.1 Å². The zero-order valence-corrected chi connectivity index (χ0v) is 16.1. The summed E-state index contributed by atoms with van der Waals surface area (Å²) < 4.78 is 0. The second-order valence-corrected chi connectivity index (χ2v) is 7.49. The van der Waals surface area contributed by atoms with E-state index in [1.807, 2.05) is 48.5 Å². The summed E-state index contributed by atoms with van der Waals surface area (Å²) in [4.78, 5) is 33.9. The third kappa shape index (κ3) is 2.90. The summed E-state index contributed by atoms with van der Waals surface area (Å²) in [6.07, 6.45) is -0.872. The molecule has 0 aromatic heterocycles. The molecule has 3 aromatic rings. The third-order valence-corrected chi connectivity index (χ3v) is 5.60. The third-order valence-electron chi connectivity index (χ3n) is 5.35. The SMILES string of the molecule is O=C1[C@H]2[C@@H](c3ccc(Cl)cc3)N(c3ccccc3)O[C@H]2C(=O)N1c1ccccc1. The summed E-state index contributed by atoms with van der Waals surface area (Å²) in [6.45, 7) is 0. The summed E-state index contributed by atoms with van der Waals surface area (Å²) >= 11 is 6.06. The Morgan fingerprint density at radius 3 is 1.93 bits per heavy atom. The zero-order chi connectivity index (χ0) is 20.0. The van der Waals surface area contributed by atoms with Crippen molar-refractivity contribution in [2.75, 3.05) is 9.96 Å². The Balaban J connectivity index is 1.59. The van der Waals surface area contributed by atoms with Crippen LogP contribution in [0, 0.1) is 5.92 Å². The molecule has 2 heterocycles. The van der Waals surface area contributed by atoms with Gasteiger partial charge < -0.3 is 0 Å². The summed E-state index contributed by atoms with van der Waals surface area (Å²) in [5.74, 6) is -1.25.